The Morgan fingerprint density at radius 1 is 1.19 bits per heavy atom. The molecule has 0 spiro atoms. The maximum atomic E-state index is 12.6. The lowest BCUT2D eigenvalue weighted by Crippen LogP contribution is -2.38. The molecule has 0 unspecified atom stereocenters. The summed E-state index contributed by atoms with van der Waals surface area (Å²) in [6, 6.07) is 12.7. The highest BCUT2D eigenvalue weighted by Gasteiger charge is 2.34. The summed E-state index contributed by atoms with van der Waals surface area (Å²) in [4.78, 5) is 38.2. The number of imide groups is 1. The van der Waals surface area contributed by atoms with Gasteiger partial charge in [-0.05, 0) is 60.2 Å². The topological polar surface area (TPSA) is 94.2 Å². The number of aryl methyl sites for hydroxylation is 1. The van der Waals surface area contributed by atoms with Crippen molar-refractivity contribution in [2.75, 3.05) is 26.5 Å². The van der Waals surface area contributed by atoms with Crippen LogP contribution in [-0.2, 0) is 9.59 Å². The van der Waals surface area contributed by atoms with Crippen molar-refractivity contribution in [2.45, 2.75) is 6.92 Å². The van der Waals surface area contributed by atoms with E-state index in [9.17, 15) is 14.4 Å². The number of benzene rings is 2. The third-order valence-electron chi connectivity index (χ3n) is 4.59. The molecule has 1 saturated heterocycles. The second-order valence-corrected chi connectivity index (χ2v) is 7.89. The summed E-state index contributed by atoms with van der Waals surface area (Å²) in [5, 5.41) is 2.29. The maximum absolute atomic E-state index is 12.6. The van der Waals surface area contributed by atoms with E-state index in [2.05, 4.69) is 5.32 Å². The molecule has 0 aliphatic carbocycles. The number of hydrogen-bond acceptors (Lipinski definition) is 7. The second-order valence-electron chi connectivity index (χ2n) is 6.90. The van der Waals surface area contributed by atoms with E-state index in [0.29, 0.717) is 22.2 Å². The summed E-state index contributed by atoms with van der Waals surface area (Å²) in [6.07, 6.45) is 1.64. The van der Waals surface area contributed by atoms with Crippen molar-refractivity contribution in [3.63, 3.8) is 0 Å². The third kappa shape index (κ3) is 5.00. The fourth-order valence-electron chi connectivity index (χ4n) is 3.06. The monoisotopic (exact) mass is 440 g/mol. The number of thioether (sulfide) groups is 1. The van der Waals surface area contributed by atoms with Gasteiger partial charge in [-0.2, -0.15) is 0 Å². The lowest BCUT2D eigenvalue weighted by Gasteiger charge is -2.13. The Morgan fingerprint density at radius 3 is 2.87 bits per heavy atom. The largest absolute Gasteiger partial charge is 0.484 e. The minimum Gasteiger partial charge on any atom is -0.484 e. The van der Waals surface area contributed by atoms with Gasteiger partial charge in [0.2, 0.25) is 6.79 Å². The molecule has 2 aromatic carbocycles. The molecule has 8 nitrogen and oxygen atoms in total. The summed E-state index contributed by atoms with van der Waals surface area (Å²) in [6.45, 7) is 2.18. The number of carbonyl (C=O) groups is 3. The molecule has 2 aliphatic rings. The van der Waals surface area contributed by atoms with Crippen LogP contribution in [0, 0.1) is 6.92 Å². The van der Waals surface area contributed by atoms with E-state index in [-0.39, 0.29) is 37.6 Å². The SMILES string of the molecule is Cc1cccc(OCC(=O)NCCN2C(=O)S/C(=C\c3ccc4c(c3)OCO4)C2=O)c1. The van der Waals surface area contributed by atoms with Crippen molar-refractivity contribution >= 4 is 34.9 Å². The smallest absolute Gasteiger partial charge is 0.293 e. The van der Waals surface area contributed by atoms with Gasteiger partial charge in [-0.1, -0.05) is 18.2 Å². The molecule has 0 bridgehead atoms. The van der Waals surface area contributed by atoms with Crippen LogP contribution in [0.1, 0.15) is 11.1 Å². The van der Waals surface area contributed by atoms with Crippen LogP contribution in [-0.4, -0.2) is 48.4 Å². The summed E-state index contributed by atoms with van der Waals surface area (Å²) in [5.41, 5.74) is 1.77. The van der Waals surface area contributed by atoms with Gasteiger partial charge in [-0.25, -0.2) is 0 Å². The Labute approximate surface area is 183 Å². The van der Waals surface area contributed by atoms with Gasteiger partial charge in [-0.3, -0.25) is 19.3 Å². The summed E-state index contributed by atoms with van der Waals surface area (Å²) >= 11 is 0.867. The number of hydrogen-bond donors (Lipinski definition) is 1. The maximum Gasteiger partial charge on any atom is 0.293 e. The van der Waals surface area contributed by atoms with Crippen molar-refractivity contribution in [1.82, 2.24) is 10.2 Å². The molecule has 0 aromatic heterocycles. The van der Waals surface area contributed by atoms with Crippen LogP contribution >= 0.6 is 11.8 Å². The van der Waals surface area contributed by atoms with Crippen LogP contribution in [0.2, 0.25) is 0 Å². The van der Waals surface area contributed by atoms with E-state index < -0.39 is 5.91 Å². The fraction of sp³-hybridized carbons (Fsp3) is 0.227. The number of ether oxygens (including phenoxy) is 3. The molecule has 160 valence electrons. The number of fused-ring (bicyclic) bond motifs is 1. The zero-order valence-electron chi connectivity index (χ0n) is 16.8. The zero-order valence-corrected chi connectivity index (χ0v) is 17.6. The van der Waals surface area contributed by atoms with Crippen LogP contribution in [0.5, 0.6) is 17.2 Å². The Bertz CT molecular complexity index is 1070. The molecule has 2 aromatic rings. The van der Waals surface area contributed by atoms with Gasteiger partial charge in [0.25, 0.3) is 17.1 Å². The fourth-order valence-corrected chi connectivity index (χ4v) is 3.92. The van der Waals surface area contributed by atoms with E-state index in [4.69, 9.17) is 14.2 Å². The van der Waals surface area contributed by atoms with Crippen molar-refractivity contribution in [2.24, 2.45) is 0 Å². The molecule has 3 amide bonds. The standard InChI is InChI=1S/C22H20N2O6S/c1-14-3-2-4-16(9-14)28-12-20(25)23-7-8-24-21(26)19(31-22(24)27)11-15-5-6-17-18(10-15)30-13-29-17/h2-6,9-11H,7-8,12-13H2,1H3,(H,23,25)/b19-11-. The van der Waals surface area contributed by atoms with E-state index in [0.717, 1.165) is 27.8 Å². The van der Waals surface area contributed by atoms with Crippen molar-refractivity contribution in [1.29, 1.82) is 0 Å². The van der Waals surface area contributed by atoms with Crippen molar-refractivity contribution < 1.29 is 28.6 Å². The first kappa shape index (κ1) is 20.8. The van der Waals surface area contributed by atoms with E-state index in [1.165, 1.54) is 0 Å². The summed E-state index contributed by atoms with van der Waals surface area (Å²) in [7, 11) is 0. The normalized spacial score (nSPS) is 16.2. The molecule has 0 radical (unpaired) electrons. The first-order chi connectivity index (χ1) is 15.0. The second kappa shape index (κ2) is 9.13. The Hall–Kier alpha value is -3.46. The minimum atomic E-state index is -0.391. The Morgan fingerprint density at radius 2 is 2.03 bits per heavy atom. The molecule has 1 N–H and O–H groups in total. The van der Waals surface area contributed by atoms with E-state index >= 15 is 0 Å². The molecule has 2 heterocycles. The Balaban J connectivity index is 1.27. The van der Waals surface area contributed by atoms with Gasteiger partial charge in [-0.15, -0.1) is 0 Å². The lowest BCUT2D eigenvalue weighted by atomic mass is 10.2. The van der Waals surface area contributed by atoms with Gasteiger partial charge in [0.05, 0.1) is 4.91 Å². The van der Waals surface area contributed by atoms with Gasteiger partial charge < -0.3 is 19.5 Å². The average molecular weight is 440 g/mol. The minimum absolute atomic E-state index is 0.0827. The van der Waals surface area contributed by atoms with Crippen molar-refractivity contribution in [3.8, 4) is 17.2 Å². The van der Waals surface area contributed by atoms with Gasteiger partial charge >= 0.3 is 0 Å². The van der Waals surface area contributed by atoms with Crippen LogP contribution in [0.25, 0.3) is 6.08 Å². The zero-order chi connectivity index (χ0) is 21.8. The van der Waals surface area contributed by atoms with Gasteiger partial charge in [0.1, 0.15) is 5.75 Å². The van der Waals surface area contributed by atoms with Crippen molar-refractivity contribution in [3.05, 3.63) is 58.5 Å². The first-order valence-corrected chi connectivity index (χ1v) is 10.4. The molecule has 9 heteroatoms. The van der Waals surface area contributed by atoms with Crippen LogP contribution in [0.4, 0.5) is 4.79 Å². The molecule has 2 aliphatic heterocycles. The van der Waals surface area contributed by atoms with Crippen LogP contribution < -0.4 is 19.5 Å². The molecule has 0 atom stereocenters. The van der Waals surface area contributed by atoms with E-state index in [1.54, 1.807) is 30.3 Å². The van der Waals surface area contributed by atoms with Gasteiger partial charge in [0.15, 0.2) is 18.1 Å². The summed E-state index contributed by atoms with van der Waals surface area (Å²) < 4.78 is 16.0. The lowest BCUT2D eigenvalue weighted by molar-refractivity contribution is -0.125. The number of carbonyl (C=O) groups excluding carboxylic acids is 3. The quantitative estimate of drug-likeness (QED) is 0.662. The molecular weight excluding hydrogens is 420 g/mol. The number of rotatable bonds is 7. The third-order valence-corrected chi connectivity index (χ3v) is 5.49. The highest BCUT2D eigenvalue weighted by Crippen LogP contribution is 2.36. The highest BCUT2D eigenvalue weighted by molar-refractivity contribution is 8.18. The molecule has 31 heavy (non-hydrogen) atoms. The Kier molecular flexibility index (Phi) is 6.13. The van der Waals surface area contributed by atoms with E-state index in [1.807, 2.05) is 25.1 Å². The molecule has 4 rings (SSSR count). The van der Waals surface area contributed by atoms with Crippen LogP contribution in [0.3, 0.4) is 0 Å². The van der Waals surface area contributed by atoms with Crippen LogP contribution in [0.15, 0.2) is 47.4 Å². The van der Waals surface area contributed by atoms with Gasteiger partial charge in [0, 0.05) is 13.1 Å². The molecule has 0 saturated carbocycles. The number of nitrogens with one attached hydrogen (secondary N) is 1. The number of amides is 3. The predicted octanol–water partition coefficient (Wildman–Crippen LogP) is 2.96. The molecule has 1 fully saturated rings. The summed E-state index contributed by atoms with van der Waals surface area (Å²) in [5.74, 6) is 1.13. The number of nitrogens with zero attached hydrogens (tertiary/aromatic N) is 1. The first-order valence-electron chi connectivity index (χ1n) is 9.61. The molecular formula is C22H20N2O6S. The highest BCUT2D eigenvalue weighted by atomic mass is 32.2. The predicted molar refractivity (Wildman–Crippen MR) is 115 cm³/mol. The average Bonchev–Trinajstić information content (AvgIpc) is 3.31.